The van der Waals surface area contributed by atoms with Crippen LogP contribution in [0, 0.1) is 5.92 Å². The number of hydrogen-bond acceptors (Lipinski definition) is 2. The highest BCUT2D eigenvalue weighted by Gasteiger charge is 2.64. The summed E-state index contributed by atoms with van der Waals surface area (Å²) in [6.07, 6.45) is 1.52. The summed E-state index contributed by atoms with van der Waals surface area (Å²) in [5, 5.41) is 11.3. The lowest BCUT2D eigenvalue weighted by molar-refractivity contribution is -0.172. The zero-order valence-electron chi connectivity index (χ0n) is 11.1. The molecule has 0 spiro atoms. The lowest BCUT2D eigenvalue weighted by atomic mass is 9.86. The van der Waals surface area contributed by atoms with E-state index in [2.05, 4.69) is 5.32 Å². The third-order valence-electron chi connectivity index (χ3n) is 4.01. The van der Waals surface area contributed by atoms with Crippen LogP contribution in [0.25, 0.3) is 0 Å². The number of hydrogen-bond donors (Lipinski definition) is 2. The Morgan fingerprint density at radius 1 is 1.00 bits per heavy atom. The SMILES string of the molecule is O=C(O)C1CCC(NC(=O)N2CC(F)(F)C(F)(F)C2)CC1. The number of carboxylic acid groups (broad SMARTS) is 1. The maximum absolute atomic E-state index is 13.0. The summed E-state index contributed by atoms with van der Waals surface area (Å²) in [4.78, 5) is 22.9. The van der Waals surface area contributed by atoms with Gasteiger partial charge in [-0.2, -0.15) is 17.6 Å². The van der Waals surface area contributed by atoms with E-state index in [9.17, 15) is 27.2 Å². The van der Waals surface area contributed by atoms with E-state index in [1.54, 1.807) is 0 Å². The Hall–Kier alpha value is -1.54. The Labute approximate surface area is 118 Å². The van der Waals surface area contributed by atoms with Gasteiger partial charge in [-0.3, -0.25) is 4.79 Å². The zero-order chi connectivity index (χ0) is 15.8. The number of amides is 2. The number of halogens is 4. The average Bonchev–Trinajstić information content (AvgIpc) is 2.59. The molecule has 2 fully saturated rings. The Morgan fingerprint density at radius 2 is 1.48 bits per heavy atom. The Bertz CT molecular complexity index is 420. The van der Waals surface area contributed by atoms with Crippen molar-refractivity contribution in [3.63, 3.8) is 0 Å². The summed E-state index contributed by atoms with van der Waals surface area (Å²) >= 11 is 0. The summed E-state index contributed by atoms with van der Waals surface area (Å²) < 4.78 is 52.1. The molecule has 0 atom stereocenters. The standard InChI is InChI=1S/C12H16F4N2O3/c13-11(14)5-18(6-12(11,15)16)10(21)17-8-3-1-7(2-4-8)9(19)20/h7-8H,1-6H2,(H,17,21)(H,19,20). The number of alkyl halides is 4. The van der Waals surface area contributed by atoms with Crippen LogP contribution in [-0.4, -0.2) is 53.0 Å². The van der Waals surface area contributed by atoms with Crippen molar-refractivity contribution in [1.82, 2.24) is 10.2 Å². The molecule has 2 rings (SSSR count). The van der Waals surface area contributed by atoms with Gasteiger partial charge in [0.15, 0.2) is 0 Å². The van der Waals surface area contributed by atoms with E-state index < -0.39 is 42.9 Å². The van der Waals surface area contributed by atoms with Gasteiger partial charge in [-0.15, -0.1) is 0 Å². The van der Waals surface area contributed by atoms with Crippen molar-refractivity contribution in [2.24, 2.45) is 5.92 Å². The number of likely N-dealkylation sites (tertiary alicyclic amines) is 1. The number of urea groups is 1. The predicted octanol–water partition coefficient (Wildman–Crippen LogP) is 1.93. The van der Waals surface area contributed by atoms with Crippen molar-refractivity contribution in [3.8, 4) is 0 Å². The van der Waals surface area contributed by atoms with Crippen LogP contribution in [0.5, 0.6) is 0 Å². The molecule has 21 heavy (non-hydrogen) atoms. The molecule has 0 aromatic carbocycles. The molecule has 2 aliphatic rings. The van der Waals surface area contributed by atoms with Crippen molar-refractivity contribution >= 4 is 12.0 Å². The minimum atomic E-state index is -4.22. The first-order valence-electron chi connectivity index (χ1n) is 6.66. The van der Waals surface area contributed by atoms with Gasteiger partial charge < -0.3 is 15.3 Å². The molecule has 1 aliphatic heterocycles. The molecule has 0 bridgehead atoms. The van der Waals surface area contributed by atoms with E-state index in [0.717, 1.165) is 0 Å². The van der Waals surface area contributed by atoms with E-state index in [0.29, 0.717) is 30.6 Å². The lowest BCUT2D eigenvalue weighted by Crippen LogP contribution is -2.46. The van der Waals surface area contributed by atoms with Crippen LogP contribution >= 0.6 is 0 Å². The molecule has 120 valence electrons. The number of nitrogens with one attached hydrogen (secondary N) is 1. The fourth-order valence-electron chi connectivity index (χ4n) is 2.66. The molecular formula is C12H16F4N2O3. The minimum absolute atomic E-state index is 0.365. The molecule has 1 saturated carbocycles. The molecule has 0 unspecified atom stereocenters. The van der Waals surface area contributed by atoms with Crippen LogP contribution in [0.15, 0.2) is 0 Å². The van der Waals surface area contributed by atoms with Crippen LogP contribution in [0.4, 0.5) is 22.4 Å². The van der Waals surface area contributed by atoms with Gasteiger partial charge in [0.25, 0.3) is 0 Å². The highest BCUT2D eigenvalue weighted by molar-refractivity contribution is 5.75. The second-order valence-electron chi connectivity index (χ2n) is 5.60. The first kappa shape index (κ1) is 15.8. The summed E-state index contributed by atoms with van der Waals surface area (Å²) in [6, 6.07) is -1.32. The van der Waals surface area contributed by atoms with E-state index in [4.69, 9.17) is 5.11 Å². The molecule has 0 aromatic rings. The molecule has 9 heteroatoms. The summed E-state index contributed by atoms with van der Waals surface area (Å²) in [5.41, 5.74) is 0. The quantitative estimate of drug-likeness (QED) is 0.766. The van der Waals surface area contributed by atoms with Crippen LogP contribution in [0.2, 0.25) is 0 Å². The molecule has 1 saturated heterocycles. The van der Waals surface area contributed by atoms with E-state index in [-0.39, 0.29) is 6.04 Å². The van der Waals surface area contributed by atoms with Crippen molar-refractivity contribution in [3.05, 3.63) is 0 Å². The molecule has 2 N–H and O–H groups in total. The summed E-state index contributed by atoms with van der Waals surface area (Å²) in [7, 11) is 0. The Morgan fingerprint density at radius 3 is 1.90 bits per heavy atom. The number of carbonyl (C=O) groups excluding carboxylic acids is 1. The Kier molecular flexibility index (Phi) is 4.03. The van der Waals surface area contributed by atoms with E-state index >= 15 is 0 Å². The number of rotatable bonds is 2. The number of nitrogens with zero attached hydrogens (tertiary/aromatic N) is 1. The fourth-order valence-corrected chi connectivity index (χ4v) is 2.66. The van der Waals surface area contributed by atoms with Gasteiger partial charge >= 0.3 is 23.8 Å². The summed E-state index contributed by atoms with van der Waals surface area (Å²) in [6.45, 7) is -2.62. The third-order valence-corrected chi connectivity index (χ3v) is 4.01. The van der Waals surface area contributed by atoms with Crippen LogP contribution < -0.4 is 5.32 Å². The Balaban J connectivity index is 1.85. The van der Waals surface area contributed by atoms with Gasteiger partial charge in [0.2, 0.25) is 0 Å². The van der Waals surface area contributed by atoms with Crippen molar-refractivity contribution in [2.45, 2.75) is 43.6 Å². The van der Waals surface area contributed by atoms with Crippen LogP contribution in [-0.2, 0) is 4.79 Å². The van der Waals surface area contributed by atoms with Gasteiger partial charge in [0, 0.05) is 6.04 Å². The molecule has 1 aliphatic carbocycles. The van der Waals surface area contributed by atoms with Gasteiger partial charge in [-0.05, 0) is 25.7 Å². The van der Waals surface area contributed by atoms with Gasteiger partial charge in [0.05, 0.1) is 19.0 Å². The molecule has 1 heterocycles. The van der Waals surface area contributed by atoms with E-state index in [1.165, 1.54) is 0 Å². The monoisotopic (exact) mass is 312 g/mol. The first-order valence-corrected chi connectivity index (χ1v) is 6.66. The van der Waals surface area contributed by atoms with E-state index in [1.807, 2.05) is 0 Å². The second-order valence-corrected chi connectivity index (χ2v) is 5.60. The fraction of sp³-hybridized carbons (Fsp3) is 0.833. The van der Waals surface area contributed by atoms with Gasteiger partial charge in [0.1, 0.15) is 0 Å². The topological polar surface area (TPSA) is 69.6 Å². The van der Waals surface area contributed by atoms with Gasteiger partial charge in [-0.25, -0.2) is 4.79 Å². The van der Waals surface area contributed by atoms with Crippen molar-refractivity contribution < 1.29 is 32.3 Å². The molecule has 5 nitrogen and oxygen atoms in total. The highest BCUT2D eigenvalue weighted by atomic mass is 19.3. The zero-order valence-corrected chi connectivity index (χ0v) is 11.1. The summed E-state index contributed by atoms with van der Waals surface area (Å²) in [5.74, 6) is -9.81. The maximum atomic E-state index is 13.0. The largest absolute Gasteiger partial charge is 0.481 e. The minimum Gasteiger partial charge on any atom is -0.481 e. The number of carbonyl (C=O) groups is 2. The second kappa shape index (κ2) is 5.34. The average molecular weight is 312 g/mol. The first-order chi connectivity index (χ1) is 9.62. The van der Waals surface area contributed by atoms with Crippen LogP contribution in [0.1, 0.15) is 25.7 Å². The molecule has 0 aromatic heterocycles. The molecule has 2 amide bonds. The van der Waals surface area contributed by atoms with Gasteiger partial charge in [-0.1, -0.05) is 0 Å². The number of carboxylic acids is 1. The number of aliphatic carboxylic acids is 1. The molecule has 0 radical (unpaired) electrons. The highest BCUT2D eigenvalue weighted by Crippen LogP contribution is 2.40. The van der Waals surface area contributed by atoms with Crippen molar-refractivity contribution in [2.75, 3.05) is 13.1 Å². The smallest absolute Gasteiger partial charge is 0.329 e. The lowest BCUT2D eigenvalue weighted by Gasteiger charge is -2.28. The maximum Gasteiger partial charge on any atom is 0.329 e. The normalized spacial score (nSPS) is 31.0. The molecular weight excluding hydrogens is 296 g/mol. The third kappa shape index (κ3) is 3.21. The van der Waals surface area contributed by atoms with Crippen LogP contribution in [0.3, 0.4) is 0 Å². The predicted molar refractivity (Wildman–Crippen MR) is 63.4 cm³/mol. The van der Waals surface area contributed by atoms with Crippen molar-refractivity contribution in [1.29, 1.82) is 0 Å².